The van der Waals surface area contributed by atoms with Gasteiger partial charge in [0.25, 0.3) is 5.91 Å². The summed E-state index contributed by atoms with van der Waals surface area (Å²) in [5.74, 6) is -1.82. The number of aromatic nitrogens is 1. The molecule has 0 saturated carbocycles. The van der Waals surface area contributed by atoms with Crippen molar-refractivity contribution in [3.05, 3.63) is 40.9 Å². The smallest absolute Gasteiger partial charge is 0.308 e. The van der Waals surface area contributed by atoms with Crippen LogP contribution in [0, 0.1) is 12.8 Å². The van der Waals surface area contributed by atoms with Crippen LogP contribution in [0.5, 0.6) is 0 Å². The average molecular weight is 304 g/mol. The topological polar surface area (TPSA) is 79.3 Å². The normalized spacial score (nSPS) is 11.9. The van der Waals surface area contributed by atoms with Gasteiger partial charge in [0.05, 0.1) is 5.92 Å². The highest BCUT2D eigenvalue weighted by molar-refractivity contribution is 7.13. The number of benzene rings is 1. The van der Waals surface area contributed by atoms with Crippen molar-refractivity contribution >= 4 is 23.2 Å². The maximum absolute atomic E-state index is 12.0. The summed E-state index contributed by atoms with van der Waals surface area (Å²) in [7, 11) is 0. The number of carbonyl (C=O) groups excluding carboxylic acids is 1. The molecule has 0 aliphatic carbocycles. The molecule has 1 unspecified atom stereocenters. The highest BCUT2D eigenvalue weighted by atomic mass is 32.1. The van der Waals surface area contributed by atoms with Gasteiger partial charge in [-0.25, -0.2) is 4.98 Å². The summed E-state index contributed by atoms with van der Waals surface area (Å²) in [4.78, 5) is 27.2. The van der Waals surface area contributed by atoms with Gasteiger partial charge in [0.15, 0.2) is 0 Å². The molecule has 21 heavy (non-hydrogen) atoms. The van der Waals surface area contributed by atoms with E-state index in [1.165, 1.54) is 11.3 Å². The van der Waals surface area contributed by atoms with Gasteiger partial charge in [-0.15, -0.1) is 11.3 Å². The van der Waals surface area contributed by atoms with Crippen LogP contribution in [0.25, 0.3) is 10.6 Å². The minimum atomic E-state index is -0.928. The maximum atomic E-state index is 12.0. The highest BCUT2D eigenvalue weighted by Crippen LogP contribution is 2.24. The summed E-state index contributed by atoms with van der Waals surface area (Å²) >= 11 is 1.52. The fourth-order valence-corrected chi connectivity index (χ4v) is 2.51. The van der Waals surface area contributed by atoms with Crippen LogP contribution in [0.4, 0.5) is 0 Å². The molecule has 1 aromatic carbocycles. The van der Waals surface area contributed by atoms with E-state index in [1.807, 2.05) is 18.4 Å². The molecule has 0 fully saturated rings. The predicted molar refractivity (Wildman–Crippen MR) is 81.4 cm³/mol. The van der Waals surface area contributed by atoms with Crippen LogP contribution < -0.4 is 5.32 Å². The second kappa shape index (κ2) is 6.49. The first-order valence-electron chi connectivity index (χ1n) is 6.51. The molecule has 2 rings (SSSR count). The van der Waals surface area contributed by atoms with Gasteiger partial charge in [0, 0.05) is 28.7 Å². The molecule has 0 aliphatic heterocycles. The number of nitrogens with one attached hydrogen (secondary N) is 1. The van der Waals surface area contributed by atoms with Crippen molar-refractivity contribution in [2.45, 2.75) is 13.8 Å². The highest BCUT2D eigenvalue weighted by Gasteiger charge is 2.14. The molecular formula is C15H16N2O3S. The number of carbonyl (C=O) groups is 2. The number of carboxylic acid groups (broad SMARTS) is 1. The third-order valence-corrected chi connectivity index (χ3v) is 3.99. The Hall–Kier alpha value is -2.21. The Morgan fingerprint density at radius 1 is 1.43 bits per heavy atom. The third kappa shape index (κ3) is 3.88. The van der Waals surface area contributed by atoms with Crippen LogP contribution in [0.1, 0.15) is 23.0 Å². The third-order valence-electron chi connectivity index (χ3n) is 2.98. The number of nitrogens with zero attached hydrogens (tertiary/aromatic N) is 1. The van der Waals surface area contributed by atoms with Gasteiger partial charge >= 0.3 is 5.97 Å². The summed E-state index contributed by atoms with van der Waals surface area (Å²) in [6.07, 6.45) is 0. The monoisotopic (exact) mass is 304 g/mol. The molecule has 1 aromatic heterocycles. The Morgan fingerprint density at radius 3 is 2.81 bits per heavy atom. The standard InChI is InChI=1S/C15H16N2O3S/c1-9(15(19)20)7-16-13(18)11-4-3-5-12(6-11)14-17-10(2)8-21-14/h3-6,8-9H,7H2,1-2H3,(H,16,18)(H,19,20). The van der Waals surface area contributed by atoms with Gasteiger partial charge in [-0.2, -0.15) is 0 Å². The van der Waals surface area contributed by atoms with Crippen LogP contribution in [0.15, 0.2) is 29.6 Å². The van der Waals surface area contributed by atoms with Crippen LogP contribution >= 0.6 is 11.3 Å². The average Bonchev–Trinajstić information content (AvgIpc) is 2.91. The van der Waals surface area contributed by atoms with Gasteiger partial charge in [0.1, 0.15) is 5.01 Å². The van der Waals surface area contributed by atoms with Crippen molar-refractivity contribution in [1.82, 2.24) is 10.3 Å². The van der Waals surface area contributed by atoms with Crippen molar-refractivity contribution in [1.29, 1.82) is 0 Å². The minimum Gasteiger partial charge on any atom is -0.481 e. The van der Waals surface area contributed by atoms with Gasteiger partial charge in [-0.1, -0.05) is 19.1 Å². The number of hydrogen-bond donors (Lipinski definition) is 2. The Balaban J connectivity index is 2.10. The molecule has 0 saturated heterocycles. The molecule has 2 N–H and O–H groups in total. The van der Waals surface area contributed by atoms with Crippen LogP contribution in [-0.2, 0) is 4.79 Å². The van der Waals surface area contributed by atoms with E-state index in [1.54, 1.807) is 25.1 Å². The molecule has 5 nitrogen and oxygen atoms in total. The molecule has 1 heterocycles. The second-order valence-corrected chi connectivity index (χ2v) is 5.68. The Kier molecular flexibility index (Phi) is 4.70. The zero-order valence-electron chi connectivity index (χ0n) is 11.8. The van der Waals surface area contributed by atoms with Crippen LogP contribution in [-0.4, -0.2) is 28.5 Å². The zero-order valence-corrected chi connectivity index (χ0v) is 12.6. The quantitative estimate of drug-likeness (QED) is 0.889. The number of carboxylic acids is 1. The van der Waals surface area contributed by atoms with Crippen molar-refractivity contribution in [3.8, 4) is 10.6 Å². The van der Waals surface area contributed by atoms with E-state index in [2.05, 4.69) is 10.3 Å². The first kappa shape index (κ1) is 15.2. The number of aryl methyl sites for hydroxylation is 1. The molecule has 0 radical (unpaired) electrons. The molecule has 0 aliphatic rings. The van der Waals surface area contributed by atoms with Crippen molar-refractivity contribution in [2.24, 2.45) is 5.92 Å². The van der Waals surface area contributed by atoms with E-state index in [0.29, 0.717) is 5.56 Å². The van der Waals surface area contributed by atoms with Gasteiger partial charge in [0.2, 0.25) is 0 Å². The van der Waals surface area contributed by atoms with Crippen molar-refractivity contribution < 1.29 is 14.7 Å². The number of amides is 1. The van der Waals surface area contributed by atoms with E-state index in [9.17, 15) is 9.59 Å². The maximum Gasteiger partial charge on any atom is 0.308 e. The van der Waals surface area contributed by atoms with E-state index in [-0.39, 0.29) is 12.5 Å². The van der Waals surface area contributed by atoms with E-state index < -0.39 is 11.9 Å². The van der Waals surface area contributed by atoms with Crippen LogP contribution in [0.3, 0.4) is 0 Å². The first-order valence-corrected chi connectivity index (χ1v) is 7.39. The summed E-state index contributed by atoms with van der Waals surface area (Å²) in [6, 6.07) is 7.15. The predicted octanol–water partition coefficient (Wildman–Crippen LogP) is 2.57. The lowest BCUT2D eigenvalue weighted by Crippen LogP contribution is -2.31. The number of aliphatic carboxylic acids is 1. The second-order valence-electron chi connectivity index (χ2n) is 4.82. The lowest BCUT2D eigenvalue weighted by Gasteiger charge is -2.09. The fourth-order valence-electron chi connectivity index (χ4n) is 1.72. The summed E-state index contributed by atoms with van der Waals surface area (Å²) < 4.78 is 0. The van der Waals surface area contributed by atoms with E-state index in [4.69, 9.17) is 5.11 Å². The molecule has 6 heteroatoms. The summed E-state index contributed by atoms with van der Waals surface area (Å²) in [5, 5.41) is 14.2. The lowest BCUT2D eigenvalue weighted by atomic mass is 10.1. The molecular weight excluding hydrogens is 288 g/mol. The Morgan fingerprint density at radius 2 is 2.19 bits per heavy atom. The fraction of sp³-hybridized carbons (Fsp3) is 0.267. The SMILES string of the molecule is Cc1csc(-c2cccc(C(=O)NCC(C)C(=O)O)c2)n1. The largest absolute Gasteiger partial charge is 0.481 e. The summed E-state index contributed by atoms with van der Waals surface area (Å²) in [5.41, 5.74) is 2.32. The first-order chi connectivity index (χ1) is 9.97. The zero-order chi connectivity index (χ0) is 15.4. The van der Waals surface area contributed by atoms with E-state index in [0.717, 1.165) is 16.3 Å². The van der Waals surface area contributed by atoms with E-state index >= 15 is 0 Å². The van der Waals surface area contributed by atoms with Gasteiger partial charge in [-0.3, -0.25) is 9.59 Å². The molecule has 2 aromatic rings. The molecule has 1 amide bonds. The number of rotatable bonds is 5. The van der Waals surface area contributed by atoms with Gasteiger partial charge < -0.3 is 10.4 Å². The van der Waals surface area contributed by atoms with Crippen molar-refractivity contribution in [2.75, 3.05) is 6.54 Å². The van der Waals surface area contributed by atoms with Crippen LogP contribution in [0.2, 0.25) is 0 Å². The van der Waals surface area contributed by atoms with Gasteiger partial charge in [-0.05, 0) is 19.1 Å². The molecule has 0 spiro atoms. The summed E-state index contributed by atoms with van der Waals surface area (Å²) in [6.45, 7) is 3.58. The Bertz CT molecular complexity index is 666. The number of thiazole rings is 1. The molecule has 0 bridgehead atoms. The molecule has 110 valence electrons. The Labute approximate surface area is 126 Å². The van der Waals surface area contributed by atoms with Crippen molar-refractivity contribution in [3.63, 3.8) is 0 Å². The molecule has 1 atom stereocenters. The minimum absolute atomic E-state index is 0.106. The number of hydrogen-bond acceptors (Lipinski definition) is 4. The lowest BCUT2D eigenvalue weighted by molar-refractivity contribution is -0.140.